The molecule has 33 heavy (non-hydrogen) atoms. The predicted molar refractivity (Wildman–Crippen MR) is 129 cm³/mol. The number of hydrogen-bond acceptors (Lipinski definition) is 6. The number of hydrogen-bond donors (Lipinski definition) is 1. The molecule has 0 saturated carbocycles. The first-order valence-electron chi connectivity index (χ1n) is 11.7. The number of nitrogens with zero attached hydrogens (tertiary/aromatic N) is 6. The van der Waals surface area contributed by atoms with E-state index in [0.29, 0.717) is 11.6 Å². The number of pyridine rings is 1. The Kier molecular flexibility index (Phi) is 6.72. The van der Waals surface area contributed by atoms with Crippen molar-refractivity contribution in [2.45, 2.75) is 58.4 Å². The second-order valence-electron chi connectivity index (χ2n) is 9.33. The normalized spacial score (nSPS) is 14.8. The summed E-state index contributed by atoms with van der Waals surface area (Å²) in [7, 11) is 1.82. The molecule has 1 fully saturated rings. The molecule has 174 valence electrons. The fourth-order valence-corrected chi connectivity index (χ4v) is 4.20. The van der Waals surface area contributed by atoms with Crippen LogP contribution < -0.4 is 10.2 Å². The Morgan fingerprint density at radius 2 is 1.79 bits per heavy atom. The molecule has 3 aromatic rings. The highest BCUT2D eigenvalue weighted by Gasteiger charge is 2.25. The second-order valence-corrected chi connectivity index (χ2v) is 9.33. The number of amides is 1. The first kappa shape index (κ1) is 22.9. The monoisotopic (exact) mass is 447 g/mol. The van der Waals surface area contributed by atoms with Crippen molar-refractivity contribution >= 4 is 11.9 Å². The van der Waals surface area contributed by atoms with Gasteiger partial charge in [0.2, 0.25) is 5.95 Å². The van der Waals surface area contributed by atoms with E-state index in [2.05, 4.69) is 53.0 Å². The minimum absolute atomic E-state index is 0.0598. The first-order valence-corrected chi connectivity index (χ1v) is 11.7. The van der Waals surface area contributed by atoms with Crippen LogP contribution >= 0.6 is 0 Å². The standard InChI is InChI=1S/C25H33N7O/c1-16(2)21-14-22(31(5)30-21)24(33)28-19-8-12-32(13-9-19)25-27-15-20(23(29-25)17(3)4)18-6-10-26-11-7-18/h6-7,10-11,14-17,19H,8-9,12-13H2,1-5H3,(H,28,33). The number of aromatic nitrogens is 5. The van der Waals surface area contributed by atoms with Gasteiger partial charge in [0.25, 0.3) is 5.91 Å². The molecule has 1 N–H and O–H groups in total. The van der Waals surface area contributed by atoms with E-state index in [1.165, 1.54) is 0 Å². The molecule has 3 aromatic heterocycles. The van der Waals surface area contributed by atoms with E-state index in [1.54, 1.807) is 17.1 Å². The van der Waals surface area contributed by atoms with Crippen molar-refractivity contribution < 1.29 is 4.79 Å². The van der Waals surface area contributed by atoms with Gasteiger partial charge in [0.15, 0.2) is 0 Å². The Morgan fingerprint density at radius 1 is 1.09 bits per heavy atom. The van der Waals surface area contributed by atoms with Crippen LogP contribution in [0.4, 0.5) is 5.95 Å². The summed E-state index contributed by atoms with van der Waals surface area (Å²) < 4.78 is 1.67. The zero-order valence-corrected chi connectivity index (χ0v) is 20.1. The summed E-state index contributed by atoms with van der Waals surface area (Å²) in [6.07, 6.45) is 7.22. The summed E-state index contributed by atoms with van der Waals surface area (Å²) in [6, 6.07) is 6.00. The van der Waals surface area contributed by atoms with E-state index in [-0.39, 0.29) is 17.9 Å². The van der Waals surface area contributed by atoms with E-state index < -0.39 is 0 Å². The molecule has 1 saturated heterocycles. The summed E-state index contributed by atoms with van der Waals surface area (Å²) in [5.41, 5.74) is 4.72. The molecular formula is C25H33N7O. The molecule has 4 heterocycles. The van der Waals surface area contributed by atoms with Crippen LogP contribution in [-0.2, 0) is 7.05 Å². The van der Waals surface area contributed by atoms with Gasteiger partial charge in [-0.1, -0.05) is 27.7 Å². The Morgan fingerprint density at radius 3 is 2.39 bits per heavy atom. The third-order valence-corrected chi connectivity index (χ3v) is 6.18. The molecule has 1 amide bonds. The molecule has 8 heteroatoms. The van der Waals surface area contributed by atoms with Gasteiger partial charge in [-0.3, -0.25) is 14.5 Å². The van der Waals surface area contributed by atoms with Crippen LogP contribution in [0.1, 0.15) is 74.2 Å². The van der Waals surface area contributed by atoms with Crippen LogP contribution in [0.25, 0.3) is 11.1 Å². The van der Waals surface area contributed by atoms with Gasteiger partial charge in [0.05, 0.1) is 11.4 Å². The van der Waals surface area contributed by atoms with Gasteiger partial charge in [0.1, 0.15) is 5.69 Å². The summed E-state index contributed by atoms with van der Waals surface area (Å²) in [5.74, 6) is 1.27. The van der Waals surface area contributed by atoms with Crippen LogP contribution in [0, 0.1) is 0 Å². The van der Waals surface area contributed by atoms with Crippen LogP contribution in [-0.4, -0.2) is 49.8 Å². The Labute approximate surface area is 195 Å². The lowest BCUT2D eigenvalue weighted by Crippen LogP contribution is -2.45. The lowest BCUT2D eigenvalue weighted by molar-refractivity contribution is 0.0921. The van der Waals surface area contributed by atoms with E-state index in [0.717, 1.165) is 54.4 Å². The van der Waals surface area contributed by atoms with Gasteiger partial charge < -0.3 is 10.2 Å². The summed E-state index contributed by atoms with van der Waals surface area (Å²) >= 11 is 0. The molecule has 0 aliphatic carbocycles. The second kappa shape index (κ2) is 9.68. The summed E-state index contributed by atoms with van der Waals surface area (Å²) in [4.78, 5) is 28.7. The fourth-order valence-electron chi connectivity index (χ4n) is 4.20. The minimum atomic E-state index is -0.0598. The fraction of sp³-hybridized carbons (Fsp3) is 0.480. The van der Waals surface area contributed by atoms with Crippen molar-refractivity contribution in [3.63, 3.8) is 0 Å². The van der Waals surface area contributed by atoms with Gasteiger partial charge in [0, 0.05) is 50.3 Å². The number of piperidine rings is 1. The highest BCUT2D eigenvalue weighted by molar-refractivity contribution is 5.92. The molecule has 0 spiro atoms. The zero-order valence-electron chi connectivity index (χ0n) is 20.1. The maximum absolute atomic E-state index is 12.8. The quantitative estimate of drug-likeness (QED) is 0.616. The Balaban J connectivity index is 1.41. The van der Waals surface area contributed by atoms with Crippen LogP contribution in [0.5, 0.6) is 0 Å². The van der Waals surface area contributed by atoms with Crippen molar-refractivity contribution in [3.05, 3.63) is 53.9 Å². The molecule has 0 unspecified atom stereocenters. The Bertz CT molecular complexity index is 1100. The number of carbonyl (C=O) groups is 1. The van der Waals surface area contributed by atoms with Crippen molar-refractivity contribution in [1.29, 1.82) is 0 Å². The van der Waals surface area contributed by atoms with Gasteiger partial charge in [-0.05, 0) is 48.4 Å². The largest absolute Gasteiger partial charge is 0.348 e. The molecule has 0 atom stereocenters. The van der Waals surface area contributed by atoms with Crippen molar-refractivity contribution in [1.82, 2.24) is 30.0 Å². The highest BCUT2D eigenvalue weighted by Crippen LogP contribution is 2.29. The molecular weight excluding hydrogens is 414 g/mol. The van der Waals surface area contributed by atoms with Gasteiger partial charge in [-0.25, -0.2) is 9.97 Å². The van der Waals surface area contributed by atoms with Crippen LogP contribution in [0.3, 0.4) is 0 Å². The van der Waals surface area contributed by atoms with E-state index >= 15 is 0 Å². The third-order valence-electron chi connectivity index (χ3n) is 6.18. The molecule has 0 bridgehead atoms. The summed E-state index contributed by atoms with van der Waals surface area (Å²) in [6.45, 7) is 10.1. The zero-order chi connectivity index (χ0) is 23.5. The smallest absolute Gasteiger partial charge is 0.269 e. The van der Waals surface area contributed by atoms with Gasteiger partial charge in [-0.15, -0.1) is 0 Å². The number of nitrogens with one attached hydrogen (secondary N) is 1. The minimum Gasteiger partial charge on any atom is -0.348 e. The molecule has 1 aliphatic rings. The maximum atomic E-state index is 12.8. The number of anilines is 1. The number of carbonyl (C=O) groups excluding carboxylic acids is 1. The average Bonchev–Trinajstić information content (AvgIpc) is 3.22. The van der Waals surface area contributed by atoms with Crippen LogP contribution in [0.2, 0.25) is 0 Å². The SMILES string of the molecule is CC(C)c1cc(C(=O)NC2CCN(c3ncc(-c4ccncc4)c(C(C)C)n3)CC2)n(C)n1. The number of rotatable bonds is 6. The van der Waals surface area contributed by atoms with Crippen LogP contribution in [0.15, 0.2) is 36.8 Å². The topological polar surface area (TPSA) is 88.8 Å². The lowest BCUT2D eigenvalue weighted by Gasteiger charge is -2.32. The van der Waals surface area contributed by atoms with Gasteiger partial charge in [-0.2, -0.15) is 5.10 Å². The highest BCUT2D eigenvalue weighted by atomic mass is 16.2. The molecule has 0 aromatic carbocycles. The van der Waals surface area contributed by atoms with E-state index in [1.807, 2.05) is 31.4 Å². The van der Waals surface area contributed by atoms with Crippen molar-refractivity contribution in [3.8, 4) is 11.1 Å². The van der Waals surface area contributed by atoms with Crippen molar-refractivity contribution in [2.75, 3.05) is 18.0 Å². The van der Waals surface area contributed by atoms with Crippen molar-refractivity contribution in [2.24, 2.45) is 7.05 Å². The average molecular weight is 448 g/mol. The maximum Gasteiger partial charge on any atom is 0.269 e. The van der Waals surface area contributed by atoms with E-state index in [4.69, 9.17) is 4.98 Å². The lowest BCUT2D eigenvalue weighted by atomic mass is 10.00. The molecule has 4 rings (SSSR count). The van der Waals surface area contributed by atoms with Gasteiger partial charge >= 0.3 is 0 Å². The first-order chi connectivity index (χ1) is 15.8. The predicted octanol–water partition coefficient (Wildman–Crippen LogP) is 3.92. The molecule has 1 aliphatic heterocycles. The molecule has 8 nitrogen and oxygen atoms in total. The summed E-state index contributed by atoms with van der Waals surface area (Å²) in [5, 5.41) is 7.64. The Hall–Kier alpha value is -3.29. The van der Waals surface area contributed by atoms with E-state index in [9.17, 15) is 4.79 Å². The third kappa shape index (κ3) is 5.05. The molecule has 0 radical (unpaired) electrons. The number of aryl methyl sites for hydroxylation is 1.